The van der Waals surface area contributed by atoms with Crippen LogP contribution in [-0.4, -0.2) is 9.97 Å². The number of hydrogen-bond donors (Lipinski definition) is 1. The summed E-state index contributed by atoms with van der Waals surface area (Å²) in [5.74, 6) is 0.138. The third-order valence-electron chi connectivity index (χ3n) is 4.02. The fraction of sp³-hybridized carbons (Fsp3) is 0.238. The van der Waals surface area contributed by atoms with Gasteiger partial charge in [0.2, 0.25) is 5.95 Å². The smallest absolute Gasteiger partial charge is 0.324 e. The molecule has 3 rings (SSSR count). The average molecular weight is 403 g/mol. The number of alkyl halides is 3. The number of unbranched alkanes of at least 4 members (excludes halogenated alkanes) is 1. The molecule has 1 N–H and O–H groups in total. The molecule has 0 atom stereocenters. The van der Waals surface area contributed by atoms with Crippen LogP contribution in [0.5, 0.6) is 0 Å². The van der Waals surface area contributed by atoms with E-state index < -0.39 is 11.7 Å². The van der Waals surface area contributed by atoms with Gasteiger partial charge in [-0.05, 0) is 42.7 Å². The molecule has 0 fully saturated rings. The second-order valence-corrected chi connectivity index (χ2v) is 7.32. The molecule has 2 aromatic carbocycles. The van der Waals surface area contributed by atoms with Gasteiger partial charge in [-0.3, -0.25) is 0 Å². The summed E-state index contributed by atoms with van der Waals surface area (Å²) in [5, 5.41) is 2.90. The monoisotopic (exact) mass is 403 g/mol. The lowest BCUT2D eigenvalue weighted by molar-refractivity contribution is -0.140. The lowest BCUT2D eigenvalue weighted by atomic mass is 10.1. The topological polar surface area (TPSA) is 37.8 Å². The summed E-state index contributed by atoms with van der Waals surface area (Å²) < 4.78 is 40.1. The molecule has 0 aliphatic rings. The zero-order valence-electron chi connectivity index (χ0n) is 15.3. The number of nitrogens with one attached hydrogen (secondary N) is 1. The van der Waals surface area contributed by atoms with E-state index in [9.17, 15) is 13.2 Å². The molecule has 7 heteroatoms. The molecular formula is C21H20F3N3S. The van der Waals surface area contributed by atoms with Gasteiger partial charge in [-0.1, -0.05) is 55.4 Å². The number of anilines is 2. The first kappa shape index (κ1) is 20.2. The van der Waals surface area contributed by atoms with Gasteiger partial charge in [0.1, 0.15) is 10.6 Å². The molecule has 146 valence electrons. The van der Waals surface area contributed by atoms with Crippen LogP contribution in [0.2, 0.25) is 0 Å². The standard InChI is InChI=1S/C21H20F3N3S/c1-2-3-8-15-9-7-10-16(13-15)26-20-25-14-18(21(22,23)24)19(27-20)28-17-11-5-4-6-12-17/h4-7,9-14H,2-3,8H2,1H3,(H,25,26,27). The lowest BCUT2D eigenvalue weighted by Gasteiger charge is -2.13. The molecule has 0 spiro atoms. The van der Waals surface area contributed by atoms with Crippen LogP contribution in [0.25, 0.3) is 0 Å². The van der Waals surface area contributed by atoms with E-state index in [0.717, 1.165) is 48.5 Å². The largest absolute Gasteiger partial charge is 0.420 e. The van der Waals surface area contributed by atoms with E-state index in [1.165, 1.54) is 0 Å². The minimum atomic E-state index is -4.52. The summed E-state index contributed by atoms with van der Waals surface area (Å²) in [6.45, 7) is 2.13. The second kappa shape index (κ2) is 9.10. The fourth-order valence-corrected chi connectivity index (χ4v) is 3.54. The van der Waals surface area contributed by atoms with Gasteiger partial charge in [0, 0.05) is 16.8 Å². The van der Waals surface area contributed by atoms with Crippen LogP contribution in [0.3, 0.4) is 0 Å². The Bertz CT molecular complexity index is 914. The summed E-state index contributed by atoms with van der Waals surface area (Å²) in [6.07, 6.45) is -0.551. The number of halogens is 3. The first-order valence-electron chi connectivity index (χ1n) is 8.99. The molecule has 0 saturated carbocycles. The SMILES string of the molecule is CCCCc1cccc(Nc2ncc(C(F)(F)F)c(Sc3ccccc3)n2)c1. The Morgan fingerprint density at radius 1 is 1.04 bits per heavy atom. The Kier molecular flexibility index (Phi) is 6.57. The van der Waals surface area contributed by atoms with E-state index in [-0.39, 0.29) is 11.0 Å². The summed E-state index contributed by atoms with van der Waals surface area (Å²) >= 11 is 0.969. The number of hydrogen-bond acceptors (Lipinski definition) is 4. The van der Waals surface area contributed by atoms with Gasteiger partial charge in [0.25, 0.3) is 0 Å². The Balaban J connectivity index is 1.87. The van der Waals surface area contributed by atoms with Crippen molar-refractivity contribution in [2.24, 2.45) is 0 Å². The Morgan fingerprint density at radius 2 is 1.82 bits per heavy atom. The van der Waals surface area contributed by atoms with Gasteiger partial charge in [0.05, 0.1) is 0 Å². The molecule has 0 saturated heterocycles. The molecule has 0 aliphatic heterocycles. The second-order valence-electron chi connectivity index (χ2n) is 6.25. The molecule has 3 aromatic rings. The summed E-state index contributed by atoms with van der Waals surface area (Å²) in [6, 6.07) is 16.6. The van der Waals surface area contributed by atoms with Crippen molar-refractivity contribution in [1.82, 2.24) is 9.97 Å². The van der Waals surface area contributed by atoms with Gasteiger partial charge >= 0.3 is 6.18 Å². The number of aromatic nitrogens is 2. The molecular weight excluding hydrogens is 383 g/mol. The van der Waals surface area contributed by atoms with E-state index in [1.54, 1.807) is 24.3 Å². The molecule has 1 aromatic heterocycles. The van der Waals surface area contributed by atoms with Crippen molar-refractivity contribution in [3.63, 3.8) is 0 Å². The van der Waals surface area contributed by atoms with E-state index in [2.05, 4.69) is 22.2 Å². The van der Waals surface area contributed by atoms with E-state index in [1.807, 2.05) is 30.3 Å². The van der Waals surface area contributed by atoms with Crippen molar-refractivity contribution < 1.29 is 13.2 Å². The van der Waals surface area contributed by atoms with Crippen LogP contribution in [0.4, 0.5) is 24.8 Å². The molecule has 28 heavy (non-hydrogen) atoms. The zero-order chi connectivity index (χ0) is 20.0. The molecule has 0 bridgehead atoms. The summed E-state index contributed by atoms with van der Waals surface area (Å²) in [5.41, 5.74) is 1.07. The number of benzene rings is 2. The van der Waals surface area contributed by atoms with Crippen molar-refractivity contribution in [3.8, 4) is 0 Å². The number of rotatable bonds is 7. The van der Waals surface area contributed by atoms with E-state index in [0.29, 0.717) is 4.90 Å². The van der Waals surface area contributed by atoms with Gasteiger partial charge in [-0.15, -0.1) is 0 Å². The predicted molar refractivity (Wildman–Crippen MR) is 106 cm³/mol. The Labute approximate surface area is 166 Å². The molecule has 0 radical (unpaired) electrons. The van der Waals surface area contributed by atoms with Crippen LogP contribution in [-0.2, 0) is 12.6 Å². The van der Waals surface area contributed by atoms with E-state index >= 15 is 0 Å². The fourth-order valence-electron chi connectivity index (χ4n) is 2.61. The first-order chi connectivity index (χ1) is 13.5. The van der Waals surface area contributed by atoms with Gasteiger partial charge < -0.3 is 5.32 Å². The highest BCUT2D eigenvalue weighted by Crippen LogP contribution is 2.38. The van der Waals surface area contributed by atoms with Crippen molar-refractivity contribution in [2.45, 2.75) is 42.3 Å². The molecule has 3 nitrogen and oxygen atoms in total. The molecule has 0 amide bonds. The van der Waals surface area contributed by atoms with Gasteiger partial charge in [-0.25, -0.2) is 9.97 Å². The minimum Gasteiger partial charge on any atom is -0.324 e. The van der Waals surface area contributed by atoms with Crippen LogP contribution in [0.1, 0.15) is 30.9 Å². The average Bonchev–Trinajstić information content (AvgIpc) is 2.67. The lowest BCUT2D eigenvalue weighted by Crippen LogP contribution is -2.10. The molecule has 0 aliphatic carbocycles. The first-order valence-corrected chi connectivity index (χ1v) is 9.80. The Hall–Kier alpha value is -2.54. The van der Waals surface area contributed by atoms with Crippen LogP contribution >= 0.6 is 11.8 Å². The van der Waals surface area contributed by atoms with Crippen LogP contribution in [0, 0.1) is 0 Å². The van der Waals surface area contributed by atoms with Crippen molar-refractivity contribution in [1.29, 1.82) is 0 Å². The highest BCUT2D eigenvalue weighted by atomic mass is 32.2. The summed E-state index contributed by atoms with van der Waals surface area (Å²) in [7, 11) is 0. The third-order valence-corrected chi connectivity index (χ3v) is 5.03. The van der Waals surface area contributed by atoms with Gasteiger partial charge in [-0.2, -0.15) is 13.2 Å². The highest BCUT2D eigenvalue weighted by Gasteiger charge is 2.35. The molecule has 0 unspecified atom stereocenters. The van der Waals surface area contributed by atoms with Gasteiger partial charge in [0.15, 0.2) is 0 Å². The molecule has 1 heterocycles. The maximum absolute atomic E-state index is 13.4. The zero-order valence-corrected chi connectivity index (χ0v) is 16.1. The van der Waals surface area contributed by atoms with Crippen molar-refractivity contribution in [3.05, 3.63) is 71.9 Å². The van der Waals surface area contributed by atoms with Crippen LogP contribution < -0.4 is 5.32 Å². The highest BCUT2D eigenvalue weighted by molar-refractivity contribution is 7.99. The third kappa shape index (κ3) is 5.48. The summed E-state index contributed by atoms with van der Waals surface area (Å²) in [4.78, 5) is 8.70. The maximum Gasteiger partial charge on any atom is 0.420 e. The van der Waals surface area contributed by atoms with Crippen LogP contribution in [0.15, 0.2) is 70.7 Å². The maximum atomic E-state index is 13.4. The number of aryl methyl sites for hydroxylation is 1. The van der Waals surface area contributed by atoms with E-state index in [4.69, 9.17) is 0 Å². The minimum absolute atomic E-state index is 0.127. The normalized spacial score (nSPS) is 11.4. The van der Waals surface area contributed by atoms with Crippen molar-refractivity contribution >= 4 is 23.4 Å². The predicted octanol–water partition coefficient (Wildman–Crippen LogP) is 6.73. The van der Waals surface area contributed by atoms with Crippen molar-refractivity contribution in [2.75, 3.05) is 5.32 Å². The number of nitrogens with zero attached hydrogens (tertiary/aromatic N) is 2. The quantitative estimate of drug-likeness (QED) is 0.444. The Morgan fingerprint density at radius 3 is 2.54 bits per heavy atom.